The predicted octanol–water partition coefficient (Wildman–Crippen LogP) is 2.57. The lowest BCUT2D eigenvalue weighted by Crippen LogP contribution is -2.47. The first kappa shape index (κ1) is 23.7. The Bertz CT molecular complexity index is 1140. The van der Waals surface area contributed by atoms with E-state index in [1.807, 2.05) is 24.8 Å². The number of rotatable bonds is 7. The van der Waals surface area contributed by atoms with Gasteiger partial charge in [-0.3, -0.25) is 9.69 Å². The number of carbonyl (C=O) groups excluding carboxylic acids is 1. The van der Waals surface area contributed by atoms with Crippen LogP contribution in [0.4, 0.5) is 15.8 Å². The first-order valence-corrected chi connectivity index (χ1v) is 12.7. The minimum atomic E-state index is -3.67. The van der Waals surface area contributed by atoms with Gasteiger partial charge in [0.15, 0.2) is 0 Å². The zero-order valence-electron chi connectivity index (χ0n) is 19.3. The number of para-hydroxylation sites is 1. The molecule has 0 aromatic heterocycles. The number of hydrogen-bond acceptors (Lipinski definition) is 5. The summed E-state index contributed by atoms with van der Waals surface area (Å²) in [7, 11) is -1.96. The molecule has 0 spiro atoms. The molecule has 2 aromatic carbocycles. The van der Waals surface area contributed by atoms with Crippen LogP contribution < -0.4 is 14.5 Å². The molecule has 2 aliphatic rings. The van der Waals surface area contributed by atoms with Crippen molar-refractivity contribution >= 4 is 27.3 Å². The zero-order chi connectivity index (χ0) is 23.8. The molecule has 0 bridgehead atoms. The fraction of sp³-hybridized carbons (Fsp3) is 0.458. The summed E-state index contributed by atoms with van der Waals surface area (Å²) in [5.41, 5.74) is 1.36. The van der Waals surface area contributed by atoms with Gasteiger partial charge in [0.25, 0.3) is 0 Å². The molecule has 2 aromatic rings. The first-order valence-electron chi connectivity index (χ1n) is 11.3. The fourth-order valence-corrected chi connectivity index (χ4v) is 5.73. The van der Waals surface area contributed by atoms with Gasteiger partial charge in [-0.05, 0) is 62.7 Å². The van der Waals surface area contributed by atoms with E-state index < -0.39 is 15.4 Å². The topological polar surface area (TPSA) is 73.0 Å². The van der Waals surface area contributed by atoms with Gasteiger partial charge in [-0.1, -0.05) is 12.1 Å². The van der Waals surface area contributed by atoms with Crippen molar-refractivity contribution in [2.45, 2.75) is 30.6 Å². The highest BCUT2D eigenvalue weighted by Gasteiger charge is 2.42. The number of sulfonamides is 1. The molecule has 4 rings (SSSR count). The Labute approximate surface area is 195 Å². The Morgan fingerprint density at radius 1 is 1.03 bits per heavy atom. The Hall–Kier alpha value is -2.49. The second-order valence-corrected chi connectivity index (χ2v) is 11.0. The maximum absolute atomic E-state index is 14.0. The molecule has 33 heavy (non-hydrogen) atoms. The van der Waals surface area contributed by atoms with Gasteiger partial charge in [-0.15, -0.1) is 0 Å². The maximum Gasteiger partial charge on any atom is 0.240 e. The number of likely N-dealkylation sites (N-methyl/N-ethyl adjacent to an activating group) is 1. The molecular weight excluding hydrogens is 443 g/mol. The van der Waals surface area contributed by atoms with E-state index in [9.17, 15) is 17.6 Å². The summed E-state index contributed by atoms with van der Waals surface area (Å²) in [5.74, 6) is -0.249. The number of hydrogen-bond donors (Lipinski definition) is 1. The third-order valence-corrected chi connectivity index (χ3v) is 8.12. The van der Waals surface area contributed by atoms with Crippen LogP contribution in [0.5, 0.6) is 0 Å². The van der Waals surface area contributed by atoms with Crippen molar-refractivity contribution in [2.24, 2.45) is 0 Å². The van der Waals surface area contributed by atoms with Crippen LogP contribution in [-0.4, -0.2) is 65.5 Å². The molecule has 1 saturated heterocycles. The summed E-state index contributed by atoms with van der Waals surface area (Å²) >= 11 is 0. The third kappa shape index (κ3) is 4.62. The van der Waals surface area contributed by atoms with Crippen molar-refractivity contribution in [2.75, 3.05) is 56.1 Å². The number of amides is 1. The molecule has 0 unspecified atom stereocenters. The molecule has 0 aliphatic carbocycles. The minimum Gasteiger partial charge on any atom is -0.367 e. The van der Waals surface area contributed by atoms with E-state index in [1.54, 1.807) is 42.3 Å². The van der Waals surface area contributed by atoms with E-state index in [2.05, 4.69) is 9.62 Å². The molecule has 178 valence electrons. The summed E-state index contributed by atoms with van der Waals surface area (Å²) in [6, 6.07) is 11.7. The van der Waals surface area contributed by atoms with E-state index in [4.69, 9.17) is 0 Å². The van der Waals surface area contributed by atoms with E-state index in [0.29, 0.717) is 18.7 Å². The number of nitrogens with one attached hydrogen (secondary N) is 1. The molecule has 1 fully saturated rings. The highest BCUT2D eigenvalue weighted by Crippen LogP contribution is 2.41. The summed E-state index contributed by atoms with van der Waals surface area (Å²) in [6.45, 7) is 7.82. The van der Waals surface area contributed by atoms with E-state index >= 15 is 0 Å². The number of benzene rings is 2. The van der Waals surface area contributed by atoms with Gasteiger partial charge in [0.05, 0.1) is 16.0 Å². The Morgan fingerprint density at radius 3 is 2.42 bits per heavy atom. The smallest absolute Gasteiger partial charge is 0.240 e. The van der Waals surface area contributed by atoms with Crippen LogP contribution >= 0.6 is 0 Å². The molecular formula is C24H31FN4O3S. The molecule has 1 N–H and O–H groups in total. The van der Waals surface area contributed by atoms with Crippen LogP contribution in [0.3, 0.4) is 0 Å². The van der Waals surface area contributed by atoms with Crippen molar-refractivity contribution in [1.82, 2.24) is 9.62 Å². The lowest BCUT2D eigenvalue weighted by molar-refractivity contribution is -0.121. The fourth-order valence-electron chi connectivity index (χ4n) is 4.63. The minimum absolute atomic E-state index is 0.0462. The molecule has 1 amide bonds. The number of piperazine rings is 1. The highest BCUT2D eigenvalue weighted by molar-refractivity contribution is 7.89. The molecule has 0 radical (unpaired) electrons. The average molecular weight is 475 g/mol. The standard InChI is InChI=1S/C24H31FN4O3S/c1-24(2)19-17-18(9-10-21(19)27(3)23(24)30)33(31,32)26-11-6-12-28-13-15-29(16-14-28)22-8-5-4-7-20(22)25/h4-5,7-10,17,26H,6,11-16H2,1-3H3. The van der Waals surface area contributed by atoms with Crippen molar-refractivity contribution in [3.63, 3.8) is 0 Å². The lowest BCUT2D eigenvalue weighted by Gasteiger charge is -2.36. The van der Waals surface area contributed by atoms with Gasteiger partial charge in [0, 0.05) is 45.5 Å². The van der Waals surface area contributed by atoms with Gasteiger partial charge in [0.1, 0.15) is 5.82 Å². The summed E-state index contributed by atoms with van der Waals surface area (Å²) in [6.07, 6.45) is 0.677. The molecule has 9 heteroatoms. The number of anilines is 2. The van der Waals surface area contributed by atoms with Gasteiger partial charge in [-0.2, -0.15) is 0 Å². The lowest BCUT2D eigenvalue weighted by atomic mass is 9.86. The van der Waals surface area contributed by atoms with Gasteiger partial charge < -0.3 is 9.80 Å². The molecule has 2 heterocycles. The molecule has 0 saturated carbocycles. The van der Waals surface area contributed by atoms with Crippen molar-refractivity contribution in [3.05, 3.63) is 53.8 Å². The molecule has 0 atom stereocenters. The number of fused-ring (bicyclic) bond motifs is 1. The molecule has 7 nitrogen and oxygen atoms in total. The van der Waals surface area contributed by atoms with Gasteiger partial charge >= 0.3 is 0 Å². The van der Waals surface area contributed by atoms with Crippen molar-refractivity contribution in [1.29, 1.82) is 0 Å². The van der Waals surface area contributed by atoms with Crippen LogP contribution in [0.15, 0.2) is 47.4 Å². The van der Waals surface area contributed by atoms with Crippen LogP contribution in [0.25, 0.3) is 0 Å². The number of nitrogens with zero attached hydrogens (tertiary/aromatic N) is 3. The second-order valence-electron chi connectivity index (χ2n) is 9.20. The van der Waals surface area contributed by atoms with E-state index in [-0.39, 0.29) is 16.6 Å². The van der Waals surface area contributed by atoms with Crippen LogP contribution in [0.2, 0.25) is 0 Å². The van der Waals surface area contributed by atoms with Crippen LogP contribution in [0.1, 0.15) is 25.8 Å². The average Bonchev–Trinajstić information content (AvgIpc) is 2.97. The Morgan fingerprint density at radius 2 is 1.73 bits per heavy atom. The van der Waals surface area contributed by atoms with E-state index in [0.717, 1.165) is 44.0 Å². The third-order valence-electron chi connectivity index (χ3n) is 6.66. The van der Waals surface area contributed by atoms with Crippen molar-refractivity contribution in [3.8, 4) is 0 Å². The quantitative estimate of drug-likeness (QED) is 0.625. The summed E-state index contributed by atoms with van der Waals surface area (Å²) in [4.78, 5) is 18.5. The van der Waals surface area contributed by atoms with Crippen LogP contribution in [0, 0.1) is 5.82 Å². The maximum atomic E-state index is 14.0. The Kier molecular flexibility index (Phi) is 6.48. The van der Waals surface area contributed by atoms with Crippen molar-refractivity contribution < 1.29 is 17.6 Å². The monoisotopic (exact) mass is 474 g/mol. The van der Waals surface area contributed by atoms with E-state index in [1.165, 1.54) is 6.07 Å². The summed E-state index contributed by atoms with van der Waals surface area (Å²) in [5, 5.41) is 0. The second kappa shape index (κ2) is 9.04. The normalized spacial score (nSPS) is 18.6. The SMILES string of the molecule is CN1C(=O)C(C)(C)c2cc(S(=O)(=O)NCCCN3CCN(c4ccccc4F)CC3)ccc21. The van der Waals surface area contributed by atoms with Gasteiger partial charge in [0.2, 0.25) is 15.9 Å². The highest BCUT2D eigenvalue weighted by atomic mass is 32.2. The molecule has 2 aliphatic heterocycles. The Balaban J connectivity index is 1.28. The zero-order valence-corrected chi connectivity index (χ0v) is 20.2. The number of carbonyl (C=O) groups is 1. The first-order chi connectivity index (χ1) is 15.6. The summed E-state index contributed by atoms with van der Waals surface area (Å²) < 4.78 is 42.3. The van der Waals surface area contributed by atoms with Gasteiger partial charge in [-0.25, -0.2) is 17.5 Å². The number of halogens is 1. The largest absolute Gasteiger partial charge is 0.367 e. The predicted molar refractivity (Wildman–Crippen MR) is 128 cm³/mol. The van der Waals surface area contributed by atoms with Crippen LogP contribution in [-0.2, 0) is 20.2 Å².